The minimum Gasteiger partial charge on any atom is -0.486 e. The van der Waals surface area contributed by atoms with Crippen molar-refractivity contribution >= 4 is 5.82 Å². The van der Waals surface area contributed by atoms with Gasteiger partial charge in [0.2, 0.25) is 11.6 Å². The summed E-state index contributed by atoms with van der Waals surface area (Å²) in [5.74, 6) is -7.22. The second kappa shape index (κ2) is 7.73. The molecule has 0 saturated carbocycles. The van der Waals surface area contributed by atoms with Crippen molar-refractivity contribution in [2.24, 2.45) is 0 Å². The molecule has 1 saturated heterocycles. The molecule has 2 aromatic rings. The van der Waals surface area contributed by atoms with Gasteiger partial charge in [0.15, 0.2) is 23.2 Å². The van der Waals surface area contributed by atoms with Crippen molar-refractivity contribution < 1.29 is 22.3 Å². The molecule has 0 atom stereocenters. The van der Waals surface area contributed by atoms with E-state index in [4.69, 9.17) is 4.74 Å². The van der Waals surface area contributed by atoms with E-state index in [1.807, 2.05) is 4.90 Å². The molecule has 0 bridgehead atoms. The SMILES string of the molecule is O=c1c(N2CCNCC2)nccn1CCOc1c(F)c(F)cc(F)c1F. The summed E-state index contributed by atoms with van der Waals surface area (Å²) in [6.45, 7) is 2.27. The maximum atomic E-state index is 13.6. The number of rotatable bonds is 5. The molecule has 1 N–H and O–H groups in total. The third-order valence-corrected chi connectivity index (χ3v) is 3.96. The Morgan fingerprint density at radius 3 is 2.42 bits per heavy atom. The summed E-state index contributed by atoms with van der Waals surface area (Å²) in [6, 6.07) is 0.102. The van der Waals surface area contributed by atoms with Crippen LogP contribution in [0.25, 0.3) is 0 Å². The van der Waals surface area contributed by atoms with E-state index < -0.39 is 29.0 Å². The summed E-state index contributed by atoms with van der Waals surface area (Å²) in [5, 5.41) is 3.16. The average molecular weight is 372 g/mol. The van der Waals surface area contributed by atoms with Crippen LogP contribution in [0.2, 0.25) is 0 Å². The Bertz CT molecular complexity index is 827. The fourth-order valence-electron chi connectivity index (χ4n) is 2.63. The second-order valence-electron chi connectivity index (χ2n) is 5.63. The lowest BCUT2D eigenvalue weighted by molar-refractivity contribution is 0.257. The number of halogens is 4. The van der Waals surface area contributed by atoms with Crippen LogP contribution in [0.4, 0.5) is 23.4 Å². The van der Waals surface area contributed by atoms with Crippen LogP contribution in [-0.4, -0.2) is 42.3 Å². The quantitative estimate of drug-likeness (QED) is 0.633. The Hall–Kier alpha value is -2.62. The van der Waals surface area contributed by atoms with E-state index in [0.29, 0.717) is 13.1 Å². The van der Waals surface area contributed by atoms with Gasteiger partial charge in [-0.1, -0.05) is 0 Å². The Morgan fingerprint density at radius 2 is 1.77 bits per heavy atom. The highest BCUT2D eigenvalue weighted by Crippen LogP contribution is 2.26. The van der Waals surface area contributed by atoms with Crippen LogP contribution in [-0.2, 0) is 6.54 Å². The molecule has 1 fully saturated rings. The molecule has 1 aromatic heterocycles. The van der Waals surface area contributed by atoms with Gasteiger partial charge in [-0.2, -0.15) is 8.78 Å². The predicted octanol–water partition coefficient (Wildman–Crippen LogP) is 1.29. The van der Waals surface area contributed by atoms with Crippen molar-refractivity contribution in [1.29, 1.82) is 0 Å². The van der Waals surface area contributed by atoms with Crippen LogP contribution in [0.15, 0.2) is 23.3 Å². The van der Waals surface area contributed by atoms with Gasteiger partial charge in [-0.05, 0) is 0 Å². The zero-order chi connectivity index (χ0) is 18.7. The number of hydrogen-bond acceptors (Lipinski definition) is 5. The lowest BCUT2D eigenvalue weighted by Crippen LogP contribution is -2.46. The van der Waals surface area contributed by atoms with Crippen LogP contribution in [0.5, 0.6) is 5.75 Å². The largest absolute Gasteiger partial charge is 0.486 e. The van der Waals surface area contributed by atoms with E-state index in [1.54, 1.807) is 0 Å². The van der Waals surface area contributed by atoms with Gasteiger partial charge in [0, 0.05) is 44.6 Å². The summed E-state index contributed by atoms with van der Waals surface area (Å²) >= 11 is 0. The Balaban J connectivity index is 1.72. The fraction of sp³-hybridized carbons (Fsp3) is 0.375. The number of nitrogens with zero attached hydrogens (tertiary/aromatic N) is 3. The number of piperazine rings is 1. The summed E-state index contributed by atoms with van der Waals surface area (Å²) in [6.07, 6.45) is 2.83. The molecule has 1 aliphatic heterocycles. The van der Waals surface area contributed by atoms with E-state index in [0.717, 1.165) is 13.1 Å². The summed E-state index contributed by atoms with van der Waals surface area (Å²) in [4.78, 5) is 18.4. The zero-order valence-electron chi connectivity index (χ0n) is 13.6. The van der Waals surface area contributed by atoms with Crippen molar-refractivity contribution in [2.75, 3.05) is 37.7 Å². The number of benzene rings is 1. The summed E-state index contributed by atoms with van der Waals surface area (Å²) in [5.41, 5.74) is -0.385. The molecular formula is C16H16F4N4O2. The molecule has 10 heteroatoms. The Morgan fingerprint density at radius 1 is 1.12 bits per heavy atom. The molecule has 26 heavy (non-hydrogen) atoms. The van der Waals surface area contributed by atoms with Crippen molar-refractivity contribution in [2.45, 2.75) is 6.54 Å². The van der Waals surface area contributed by atoms with Gasteiger partial charge >= 0.3 is 0 Å². The first-order valence-electron chi connectivity index (χ1n) is 7.96. The van der Waals surface area contributed by atoms with Crippen LogP contribution in [0.3, 0.4) is 0 Å². The van der Waals surface area contributed by atoms with Gasteiger partial charge in [-0.25, -0.2) is 13.8 Å². The first-order valence-corrected chi connectivity index (χ1v) is 7.96. The maximum Gasteiger partial charge on any atom is 0.293 e. The molecule has 1 aliphatic rings. The van der Waals surface area contributed by atoms with Crippen molar-refractivity contribution in [3.8, 4) is 5.75 Å². The maximum absolute atomic E-state index is 13.6. The number of ether oxygens (including phenoxy) is 1. The molecule has 6 nitrogen and oxygen atoms in total. The van der Waals surface area contributed by atoms with Crippen LogP contribution >= 0.6 is 0 Å². The summed E-state index contributed by atoms with van der Waals surface area (Å²) in [7, 11) is 0. The number of aromatic nitrogens is 2. The third kappa shape index (κ3) is 3.64. The van der Waals surface area contributed by atoms with E-state index in [2.05, 4.69) is 10.3 Å². The van der Waals surface area contributed by atoms with Crippen LogP contribution in [0, 0.1) is 23.3 Å². The zero-order valence-corrected chi connectivity index (χ0v) is 13.6. The molecule has 0 unspecified atom stereocenters. The summed E-state index contributed by atoms with van der Waals surface area (Å²) < 4.78 is 59.5. The first kappa shape index (κ1) is 18.2. The smallest absolute Gasteiger partial charge is 0.293 e. The fourth-order valence-corrected chi connectivity index (χ4v) is 2.63. The highest BCUT2D eigenvalue weighted by atomic mass is 19.2. The number of hydrogen-bond donors (Lipinski definition) is 1. The molecule has 0 radical (unpaired) electrons. The molecule has 1 aromatic carbocycles. The van der Waals surface area contributed by atoms with Gasteiger partial charge in [-0.3, -0.25) is 4.79 Å². The minimum absolute atomic E-state index is 0.0720. The standard InChI is InChI=1S/C16H16F4N4O2/c17-10-9-11(18)13(20)14(12(10)19)26-8-7-24-6-3-22-15(16(24)25)23-4-1-21-2-5-23/h3,6,9,21H,1-2,4-5,7-8H2. The highest BCUT2D eigenvalue weighted by Gasteiger charge is 2.21. The predicted molar refractivity (Wildman–Crippen MR) is 85.3 cm³/mol. The van der Waals surface area contributed by atoms with E-state index in [9.17, 15) is 22.4 Å². The third-order valence-electron chi connectivity index (χ3n) is 3.96. The highest BCUT2D eigenvalue weighted by molar-refractivity contribution is 5.36. The molecule has 0 aliphatic carbocycles. The minimum atomic E-state index is -1.62. The van der Waals surface area contributed by atoms with Gasteiger partial charge in [-0.15, -0.1) is 0 Å². The topological polar surface area (TPSA) is 59.4 Å². The lowest BCUT2D eigenvalue weighted by atomic mass is 10.3. The van der Waals surface area contributed by atoms with Crippen molar-refractivity contribution in [3.63, 3.8) is 0 Å². The molecule has 0 amide bonds. The van der Waals surface area contributed by atoms with Gasteiger partial charge in [0.05, 0.1) is 6.54 Å². The number of anilines is 1. The Kier molecular flexibility index (Phi) is 5.40. The van der Waals surface area contributed by atoms with Gasteiger partial charge in [0.1, 0.15) is 6.61 Å². The monoisotopic (exact) mass is 372 g/mol. The molecule has 140 valence electrons. The average Bonchev–Trinajstić information content (AvgIpc) is 2.65. The molecular weight excluding hydrogens is 356 g/mol. The normalized spacial score (nSPS) is 14.5. The first-order chi connectivity index (χ1) is 12.5. The second-order valence-corrected chi connectivity index (χ2v) is 5.63. The van der Waals surface area contributed by atoms with E-state index in [1.165, 1.54) is 17.0 Å². The van der Waals surface area contributed by atoms with E-state index >= 15 is 0 Å². The molecule has 0 spiro atoms. The Labute approximate surface area is 146 Å². The van der Waals surface area contributed by atoms with Crippen LogP contribution < -0.4 is 20.5 Å². The number of nitrogens with one attached hydrogen (secondary N) is 1. The lowest BCUT2D eigenvalue weighted by Gasteiger charge is -2.27. The molecule has 3 rings (SSSR count). The van der Waals surface area contributed by atoms with Crippen molar-refractivity contribution in [3.05, 3.63) is 52.1 Å². The van der Waals surface area contributed by atoms with Crippen molar-refractivity contribution in [1.82, 2.24) is 14.9 Å². The van der Waals surface area contributed by atoms with Crippen LogP contribution in [0.1, 0.15) is 0 Å². The van der Waals surface area contributed by atoms with Gasteiger partial charge in [0.25, 0.3) is 5.56 Å². The molecule has 2 heterocycles. The van der Waals surface area contributed by atoms with Gasteiger partial charge < -0.3 is 19.5 Å². The van der Waals surface area contributed by atoms with E-state index in [-0.39, 0.29) is 30.6 Å².